The van der Waals surface area contributed by atoms with Crippen molar-refractivity contribution in [3.63, 3.8) is 0 Å². The van der Waals surface area contributed by atoms with E-state index >= 15 is 0 Å². The molecule has 1 aromatic heterocycles. The molecule has 0 amide bonds. The van der Waals surface area contributed by atoms with Crippen molar-refractivity contribution in [2.24, 2.45) is 11.8 Å². The summed E-state index contributed by atoms with van der Waals surface area (Å²) in [4.78, 5) is 11.5. The molecule has 0 unspecified atom stereocenters. The van der Waals surface area contributed by atoms with E-state index in [1.807, 2.05) is 6.07 Å². The summed E-state index contributed by atoms with van der Waals surface area (Å²) in [7, 11) is 0. The Hall–Kier alpha value is -1.36. The number of hydrazine groups is 1. The molecule has 0 aliphatic carbocycles. The summed E-state index contributed by atoms with van der Waals surface area (Å²) in [6.45, 7) is 6.50. The summed E-state index contributed by atoms with van der Waals surface area (Å²) in [5, 5.41) is 0. The lowest BCUT2D eigenvalue weighted by molar-refractivity contribution is 0.631. The van der Waals surface area contributed by atoms with Crippen LogP contribution in [-0.4, -0.2) is 23.1 Å². The van der Waals surface area contributed by atoms with E-state index in [0.29, 0.717) is 11.7 Å². The van der Waals surface area contributed by atoms with Crippen LogP contribution in [0.3, 0.4) is 0 Å². The van der Waals surface area contributed by atoms with Crippen molar-refractivity contribution in [1.82, 2.24) is 9.97 Å². The maximum absolute atomic E-state index is 5.52. The maximum atomic E-state index is 5.52. The molecule has 1 fully saturated rings. The fraction of sp³-hybridized carbons (Fsp3) is 0.714. The number of aromatic nitrogens is 2. The minimum atomic E-state index is 0.581. The largest absolute Gasteiger partial charge is 0.341 e. The summed E-state index contributed by atoms with van der Waals surface area (Å²) >= 11 is 0. The fourth-order valence-electron chi connectivity index (χ4n) is 2.49. The zero-order valence-electron chi connectivity index (χ0n) is 12.0. The Bertz CT molecular complexity index is 397. The molecule has 5 heteroatoms. The molecule has 19 heavy (non-hydrogen) atoms. The molecule has 0 atom stereocenters. The quantitative estimate of drug-likeness (QED) is 0.644. The Kier molecular flexibility index (Phi) is 4.96. The zero-order chi connectivity index (χ0) is 13.7. The van der Waals surface area contributed by atoms with Gasteiger partial charge < -0.3 is 10.3 Å². The smallest absolute Gasteiger partial charge is 0.227 e. The van der Waals surface area contributed by atoms with Gasteiger partial charge in [0.25, 0.3) is 0 Å². The molecule has 1 aromatic rings. The number of nitrogens with one attached hydrogen (secondary N) is 1. The van der Waals surface area contributed by atoms with Gasteiger partial charge in [0.1, 0.15) is 5.82 Å². The molecule has 0 spiro atoms. The minimum Gasteiger partial charge on any atom is -0.341 e. The SMILES string of the molecule is CC(C)Cc1cc(NN)nc(N2CCCCCC2)n1. The van der Waals surface area contributed by atoms with Crippen molar-refractivity contribution < 1.29 is 0 Å². The molecule has 2 heterocycles. The van der Waals surface area contributed by atoms with Crippen molar-refractivity contribution in [3.05, 3.63) is 11.8 Å². The first-order valence-electron chi connectivity index (χ1n) is 7.28. The summed E-state index contributed by atoms with van der Waals surface area (Å²) in [6.07, 6.45) is 6.03. The summed E-state index contributed by atoms with van der Waals surface area (Å²) < 4.78 is 0. The lowest BCUT2D eigenvalue weighted by Crippen LogP contribution is -2.27. The zero-order valence-corrected chi connectivity index (χ0v) is 12.0. The van der Waals surface area contributed by atoms with E-state index in [9.17, 15) is 0 Å². The predicted molar refractivity (Wildman–Crippen MR) is 79.1 cm³/mol. The van der Waals surface area contributed by atoms with Gasteiger partial charge in [-0.05, 0) is 25.2 Å². The van der Waals surface area contributed by atoms with Gasteiger partial charge in [-0.3, -0.25) is 0 Å². The van der Waals surface area contributed by atoms with Gasteiger partial charge in [0.2, 0.25) is 5.95 Å². The third-order valence-corrected chi connectivity index (χ3v) is 3.42. The Morgan fingerprint density at radius 3 is 2.47 bits per heavy atom. The highest BCUT2D eigenvalue weighted by Crippen LogP contribution is 2.19. The molecule has 0 saturated carbocycles. The number of hydrogen-bond acceptors (Lipinski definition) is 5. The number of nitrogen functional groups attached to an aromatic ring is 1. The molecular weight excluding hydrogens is 238 g/mol. The van der Waals surface area contributed by atoms with Crippen LogP contribution in [0, 0.1) is 5.92 Å². The molecule has 5 nitrogen and oxygen atoms in total. The summed E-state index contributed by atoms with van der Waals surface area (Å²) in [5.74, 6) is 7.64. The van der Waals surface area contributed by atoms with Gasteiger partial charge in [-0.1, -0.05) is 26.7 Å². The van der Waals surface area contributed by atoms with Gasteiger partial charge in [-0.25, -0.2) is 10.8 Å². The lowest BCUT2D eigenvalue weighted by atomic mass is 10.1. The Morgan fingerprint density at radius 1 is 1.21 bits per heavy atom. The third kappa shape index (κ3) is 4.06. The second-order valence-corrected chi connectivity index (χ2v) is 5.69. The van der Waals surface area contributed by atoms with Crippen LogP contribution in [0.15, 0.2) is 6.07 Å². The average Bonchev–Trinajstić information content (AvgIpc) is 2.66. The van der Waals surface area contributed by atoms with Crippen LogP contribution < -0.4 is 16.2 Å². The average molecular weight is 263 g/mol. The topological polar surface area (TPSA) is 67.1 Å². The first kappa shape index (κ1) is 14.1. The number of rotatable bonds is 4. The van der Waals surface area contributed by atoms with Gasteiger partial charge in [0.05, 0.1) is 0 Å². The number of hydrogen-bond donors (Lipinski definition) is 2. The van der Waals surface area contributed by atoms with E-state index in [0.717, 1.165) is 31.2 Å². The highest BCUT2D eigenvalue weighted by molar-refractivity contribution is 5.43. The van der Waals surface area contributed by atoms with Crippen LogP contribution in [0.5, 0.6) is 0 Å². The molecule has 1 aliphatic rings. The molecule has 106 valence electrons. The van der Waals surface area contributed by atoms with E-state index in [-0.39, 0.29) is 0 Å². The number of nitrogens with two attached hydrogens (primary N) is 1. The fourth-order valence-corrected chi connectivity index (χ4v) is 2.49. The van der Waals surface area contributed by atoms with E-state index in [1.165, 1.54) is 25.7 Å². The first-order valence-corrected chi connectivity index (χ1v) is 7.28. The van der Waals surface area contributed by atoms with E-state index in [1.54, 1.807) is 0 Å². The van der Waals surface area contributed by atoms with Crippen LogP contribution in [0.4, 0.5) is 11.8 Å². The predicted octanol–water partition coefficient (Wildman–Crippen LogP) is 2.34. The van der Waals surface area contributed by atoms with Crippen LogP contribution >= 0.6 is 0 Å². The molecule has 3 N–H and O–H groups in total. The Balaban J connectivity index is 2.22. The van der Waals surface area contributed by atoms with Crippen molar-refractivity contribution in [1.29, 1.82) is 0 Å². The Morgan fingerprint density at radius 2 is 1.89 bits per heavy atom. The van der Waals surface area contributed by atoms with Gasteiger partial charge in [-0.15, -0.1) is 0 Å². The van der Waals surface area contributed by atoms with Crippen molar-refractivity contribution in [2.45, 2.75) is 46.0 Å². The minimum absolute atomic E-state index is 0.581. The number of nitrogens with zero attached hydrogens (tertiary/aromatic N) is 3. The van der Waals surface area contributed by atoms with Crippen LogP contribution in [0.1, 0.15) is 45.2 Å². The van der Waals surface area contributed by atoms with E-state index < -0.39 is 0 Å². The molecule has 0 bridgehead atoms. The van der Waals surface area contributed by atoms with Crippen molar-refractivity contribution >= 4 is 11.8 Å². The maximum Gasteiger partial charge on any atom is 0.227 e. The molecule has 0 radical (unpaired) electrons. The molecule has 1 saturated heterocycles. The summed E-state index contributed by atoms with van der Waals surface area (Å²) in [5.41, 5.74) is 3.72. The normalized spacial score (nSPS) is 16.5. The van der Waals surface area contributed by atoms with Gasteiger partial charge in [-0.2, -0.15) is 4.98 Å². The third-order valence-electron chi connectivity index (χ3n) is 3.42. The summed E-state index contributed by atoms with van der Waals surface area (Å²) in [6, 6.07) is 1.95. The molecule has 2 rings (SSSR count). The number of anilines is 2. The first-order chi connectivity index (χ1) is 9.19. The van der Waals surface area contributed by atoms with E-state index in [2.05, 4.69) is 29.2 Å². The standard InChI is InChI=1S/C14H25N5/c1-11(2)9-12-10-13(18-15)17-14(16-12)19-7-5-3-4-6-8-19/h10-11H,3-9,15H2,1-2H3,(H,16,17,18). The highest BCUT2D eigenvalue weighted by atomic mass is 15.3. The second kappa shape index (κ2) is 6.70. The van der Waals surface area contributed by atoms with Crippen LogP contribution in [0.2, 0.25) is 0 Å². The van der Waals surface area contributed by atoms with Gasteiger partial charge >= 0.3 is 0 Å². The van der Waals surface area contributed by atoms with Crippen molar-refractivity contribution in [2.75, 3.05) is 23.4 Å². The van der Waals surface area contributed by atoms with Crippen LogP contribution in [0.25, 0.3) is 0 Å². The Labute approximate surface area is 115 Å². The lowest BCUT2D eigenvalue weighted by Gasteiger charge is -2.21. The van der Waals surface area contributed by atoms with Crippen LogP contribution in [-0.2, 0) is 6.42 Å². The second-order valence-electron chi connectivity index (χ2n) is 5.69. The highest BCUT2D eigenvalue weighted by Gasteiger charge is 2.14. The van der Waals surface area contributed by atoms with Gasteiger partial charge in [0.15, 0.2) is 0 Å². The molecular formula is C14H25N5. The molecule has 1 aliphatic heterocycles. The van der Waals surface area contributed by atoms with Crippen molar-refractivity contribution in [3.8, 4) is 0 Å². The van der Waals surface area contributed by atoms with E-state index in [4.69, 9.17) is 10.8 Å². The monoisotopic (exact) mass is 263 g/mol. The molecule has 0 aromatic carbocycles. The van der Waals surface area contributed by atoms with Gasteiger partial charge in [0, 0.05) is 24.8 Å².